The van der Waals surface area contributed by atoms with Crippen LogP contribution in [0.5, 0.6) is 0 Å². The van der Waals surface area contributed by atoms with Crippen molar-refractivity contribution in [3.63, 3.8) is 0 Å². The average molecular weight is 470 g/mol. The van der Waals surface area contributed by atoms with Crippen LogP contribution in [0, 0.1) is 5.92 Å². The standard InChI is InChI=1S/C24H31N5O3S/c1-18(2)33(31,32)17-20-12-14-28(15-13-20)23(30)16-19-8-10-21(11-9-19)24-25-26-27-29(24)22-6-4-3-5-7-22/h3-11,18,20,26-27H,12-17H2,1-2H3. The highest BCUT2D eigenvalue weighted by Crippen LogP contribution is 2.22. The molecular weight excluding hydrogens is 438 g/mol. The van der Waals surface area contributed by atoms with Crippen molar-refractivity contribution in [3.05, 3.63) is 65.7 Å². The molecule has 2 aromatic rings. The number of benzene rings is 2. The number of carbonyl (C=O) groups is 1. The summed E-state index contributed by atoms with van der Waals surface area (Å²) in [4.78, 5) is 14.7. The van der Waals surface area contributed by atoms with Gasteiger partial charge in [0.25, 0.3) is 0 Å². The number of amides is 1. The molecule has 0 atom stereocenters. The fourth-order valence-electron chi connectivity index (χ4n) is 4.12. The highest BCUT2D eigenvalue weighted by Gasteiger charge is 2.28. The molecule has 1 amide bonds. The van der Waals surface area contributed by atoms with Crippen LogP contribution in [0.15, 0.2) is 59.7 Å². The van der Waals surface area contributed by atoms with Gasteiger partial charge in [0.05, 0.1) is 23.1 Å². The number of hydrazine groups is 2. The molecule has 4 rings (SSSR count). The molecule has 0 radical (unpaired) electrons. The van der Waals surface area contributed by atoms with Gasteiger partial charge in [-0.2, -0.15) is 0 Å². The summed E-state index contributed by atoms with van der Waals surface area (Å²) in [7, 11) is -3.04. The van der Waals surface area contributed by atoms with E-state index in [0.717, 1.165) is 35.5 Å². The number of nitrogens with zero attached hydrogens (tertiary/aromatic N) is 3. The number of hydrogen-bond donors (Lipinski definition) is 2. The maximum Gasteiger partial charge on any atom is 0.226 e. The number of anilines is 1. The van der Waals surface area contributed by atoms with Crippen molar-refractivity contribution in [2.45, 2.75) is 38.4 Å². The Morgan fingerprint density at radius 1 is 1.06 bits per heavy atom. The first-order valence-corrected chi connectivity index (χ1v) is 13.1. The fourth-order valence-corrected chi connectivity index (χ4v) is 5.49. The van der Waals surface area contributed by atoms with E-state index in [-0.39, 0.29) is 22.8 Å². The quantitative estimate of drug-likeness (QED) is 0.647. The summed E-state index contributed by atoms with van der Waals surface area (Å²) in [6, 6.07) is 17.7. The van der Waals surface area contributed by atoms with E-state index in [2.05, 4.69) is 16.2 Å². The summed E-state index contributed by atoms with van der Waals surface area (Å²) in [5.74, 6) is 1.20. The van der Waals surface area contributed by atoms with Crippen LogP contribution in [0.2, 0.25) is 0 Å². The van der Waals surface area contributed by atoms with Crippen molar-refractivity contribution in [2.24, 2.45) is 11.0 Å². The Kier molecular flexibility index (Phi) is 6.99. The van der Waals surface area contributed by atoms with E-state index in [1.165, 1.54) is 0 Å². The minimum absolute atomic E-state index is 0.0837. The molecule has 2 N–H and O–H groups in total. The van der Waals surface area contributed by atoms with E-state index < -0.39 is 9.84 Å². The smallest absolute Gasteiger partial charge is 0.226 e. The van der Waals surface area contributed by atoms with Crippen LogP contribution in [0.1, 0.15) is 37.8 Å². The lowest BCUT2D eigenvalue weighted by atomic mass is 9.98. The number of nitrogens with one attached hydrogen (secondary N) is 2. The molecule has 2 heterocycles. The normalized spacial score (nSPS) is 17.2. The average Bonchev–Trinajstić information content (AvgIpc) is 3.30. The van der Waals surface area contributed by atoms with Gasteiger partial charge in [0.2, 0.25) is 5.91 Å². The summed E-state index contributed by atoms with van der Waals surface area (Å²) in [5.41, 5.74) is 8.65. The number of sulfone groups is 1. The van der Waals surface area contributed by atoms with Gasteiger partial charge in [0, 0.05) is 18.7 Å². The Labute approximate surface area is 195 Å². The third-order valence-corrected chi connectivity index (χ3v) is 8.64. The Morgan fingerprint density at radius 2 is 1.73 bits per heavy atom. The molecule has 1 saturated heterocycles. The Bertz CT molecular complexity index is 1090. The Hall–Kier alpha value is -2.91. The number of likely N-dealkylation sites (tertiary alicyclic amines) is 1. The van der Waals surface area contributed by atoms with Gasteiger partial charge in [-0.15, -0.1) is 10.6 Å². The zero-order chi connectivity index (χ0) is 23.4. The van der Waals surface area contributed by atoms with Crippen molar-refractivity contribution in [1.29, 1.82) is 0 Å². The van der Waals surface area contributed by atoms with Gasteiger partial charge >= 0.3 is 0 Å². The molecule has 176 valence electrons. The number of carbonyl (C=O) groups excluding carboxylic acids is 1. The topological polar surface area (TPSA) is 94.1 Å². The van der Waals surface area contributed by atoms with Crippen molar-refractivity contribution in [1.82, 2.24) is 16.0 Å². The van der Waals surface area contributed by atoms with Crippen molar-refractivity contribution >= 4 is 27.3 Å². The maximum absolute atomic E-state index is 12.8. The highest BCUT2D eigenvalue weighted by atomic mass is 32.2. The van der Waals surface area contributed by atoms with Crippen molar-refractivity contribution < 1.29 is 13.2 Å². The second kappa shape index (κ2) is 9.93. The third kappa shape index (κ3) is 5.54. The summed E-state index contributed by atoms with van der Waals surface area (Å²) in [6.07, 6.45) is 1.82. The molecule has 0 aliphatic carbocycles. The van der Waals surface area contributed by atoms with Gasteiger partial charge in [-0.25, -0.2) is 19.0 Å². The Morgan fingerprint density at radius 3 is 2.36 bits per heavy atom. The van der Waals surface area contributed by atoms with Gasteiger partial charge in [-0.05, 0) is 50.3 Å². The molecule has 0 bridgehead atoms. The first-order valence-electron chi connectivity index (χ1n) is 11.4. The van der Waals surface area contributed by atoms with Gasteiger partial charge in [-0.1, -0.05) is 42.5 Å². The molecule has 1 fully saturated rings. The first-order chi connectivity index (χ1) is 15.8. The van der Waals surface area contributed by atoms with Crippen LogP contribution in [-0.4, -0.2) is 49.2 Å². The number of piperidine rings is 1. The van der Waals surface area contributed by atoms with Crippen LogP contribution in [0.4, 0.5) is 5.69 Å². The van der Waals surface area contributed by atoms with E-state index in [9.17, 15) is 13.2 Å². The van der Waals surface area contributed by atoms with Crippen LogP contribution in [-0.2, 0) is 21.1 Å². The molecule has 0 saturated carbocycles. The molecule has 33 heavy (non-hydrogen) atoms. The summed E-state index contributed by atoms with van der Waals surface area (Å²) < 4.78 is 24.4. The zero-order valence-electron chi connectivity index (χ0n) is 19.1. The number of rotatable bonds is 7. The van der Waals surface area contributed by atoms with Gasteiger partial charge in [0.15, 0.2) is 15.7 Å². The molecule has 2 aliphatic heterocycles. The van der Waals surface area contributed by atoms with Crippen LogP contribution < -0.4 is 16.1 Å². The van der Waals surface area contributed by atoms with Gasteiger partial charge < -0.3 is 4.90 Å². The number of hydrogen-bond acceptors (Lipinski definition) is 7. The van der Waals surface area contributed by atoms with Gasteiger partial charge in [0.1, 0.15) is 0 Å². The maximum atomic E-state index is 12.8. The molecule has 0 aromatic heterocycles. The minimum atomic E-state index is -3.04. The Balaban J connectivity index is 1.32. The second-order valence-electron chi connectivity index (χ2n) is 8.91. The van der Waals surface area contributed by atoms with Crippen molar-refractivity contribution in [3.8, 4) is 0 Å². The number of hydrazone groups is 1. The molecular formula is C24H31N5O3S. The second-order valence-corrected chi connectivity index (χ2v) is 11.5. The molecule has 8 nitrogen and oxygen atoms in total. The van der Waals surface area contributed by atoms with Crippen LogP contribution in [0.25, 0.3) is 0 Å². The lowest BCUT2D eigenvalue weighted by molar-refractivity contribution is -0.131. The summed E-state index contributed by atoms with van der Waals surface area (Å²) >= 11 is 0. The largest absolute Gasteiger partial charge is 0.342 e. The first kappa shape index (κ1) is 23.3. The number of para-hydroxylation sites is 1. The molecule has 0 spiro atoms. The SMILES string of the molecule is CC(C)S(=O)(=O)CC1CCN(C(=O)Cc2ccc(C3=NNNN3c3ccccc3)cc2)CC1. The lowest BCUT2D eigenvalue weighted by Crippen LogP contribution is -2.41. The molecule has 2 aliphatic rings. The van der Waals surface area contributed by atoms with Crippen LogP contribution >= 0.6 is 0 Å². The van der Waals surface area contributed by atoms with E-state index in [4.69, 9.17) is 0 Å². The van der Waals surface area contributed by atoms with Crippen LogP contribution in [0.3, 0.4) is 0 Å². The zero-order valence-corrected chi connectivity index (χ0v) is 19.9. The predicted octanol–water partition coefficient (Wildman–Crippen LogP) is 2.48. The van der Waals surface area contributed by atoms with Crippen molar-refractivity contribution in [2.75, 3.05) is 23.9 Å². The van der Waals surface area contributed by atoms with Gasteiger partial charge in [-0.3, -0.25) is 4.79 Å². The van der Waals surface area contributed by atoms with E-state index in [0.29, 0.717) is 19.5 Å². The summed E-state index contributed by atoms with van der Waals surface area (Å²) in [6.45, 7) is 4.69. The third-order valence-electron chi connectivity index (χ3n) is 6.27. The highest BCUT2D eigenvalue weighted by molar-refractivity contribution is 7.91. The monoisotopic (exact) mass is 469 g/mol. The molecule has 2 aromatic carbocycles. The summed E-state index contributed by atoms with van der Waals surface area (Å²) in [5, 5.41) is 5.85. The molecule has 0 unspecified atom stereocenters. The van der Waals surface area contributed by atoms with E-state index in [1.54, 1.807) is 13.8 Å². The minimum Gasteiger partial charge on any atom is -0.342 e. The van der Waals surface area contributed by atoms with E-state index in [1.807, 2.05) is 64.5 Å². The number of amidine groups is 1. The predicted molar refractivity (Wildman–Crippen MR) is 130 cm³/mol. The lowest BCUT2D eigenvalue weighted by Gasteiger charge is -2.32. The molecule has 9 heteroatoms. The van der Waals surface area contributed by atoms with E-state index >= 15 is 0 Å². The fraction of sp³-hybridized carbons (Fsp3) is 0.417.